The molecular formula is C10H19N5O3S2. The Labute approximate surface area is 122 Å². The molecule has 1 amide bonds. The second-order valence-corrected chi connectivity index (χ2v) is 7.61. The van der Waals surface area contributed by atoms with Crippen LogP contribution < -0.4 is 15.4 Å². The molecule has 8 nitrogen and oxygen atoms in total. The number of amides is 1. The Balaban J connectivity index is 2.58. The molecule has 0 aliphatic heterocycles. The molecule has 0 saturated carbocycles. The van der Waals surface area contributed by atoms with Crippen LogP contribution in [-0.2, 0) is 10.0 Å². The van der Waals surface area contributed by atoms with E-state index in [0.29, 0.717) is 11.7 Å². The first kappa shape index (κ1) is 16.8. The zero-order valence-electron chi connectivity index (χ0n) is 11.8. The summed E-state index contributed by atoms with van der Waals surface area (Å²) in [6, 6.07) is 0. The third-order valence-electron chi connectivity index (χ3n) is 2.10. The summed E-state index contributed by atoms with van der Waals surface area (Å²) in [5.41, 5.74) is -0.779. The Morgan fingerprint density at radius 2 is 2.00 bits per heavy atom. The van der Waals surface area contributed by atoms with Gasteiger partial charge in [0.1, 0.15) is 0 Å². The highest BCUT2D eigenvalue weighted by Gasteiger charge is 2.23. The zero-order chi connectivity index (χ0) is 15.4. The molecule has 1 aromatic rings. The highest BCUT2D eigenvalue weighted by Crippen LogP contribution is 2.14. The van der Waals surface area contributed by atoms with Gasteiger partial charge >= 0.3 is 0 Å². The van der Waals surface area contributed by atoms with Gasteiger partial charge in [-0.1, -0.05) is 11.3 Å². The van der Waals surface area contributed by atoms with E-state index in [0.717, 1.165) is 17.6 Å². The molecule has 3 N–H and O–H groups in total. The average molecular weight is 321 g/mol. The maximum atomic E-state index is 11.9. The van der Waals surface area contributed by atoms with Crippen LogP contribution in [0.1, 0.15) is 30.6 Å². The summed E-state index contributed by atoms with van der Waals surface area (Å²) in [6.07, 6.45) is 1.07. The van der Waals surface area contributed by atoms with Crippen LogP contribution >= 0.6 is 11.3 Å². The fourth-order valence-corrected chi connectivity index (χ4v) is 3.26. The van der Waals surface area contributed by atoms with E-state index in [-0.39, 0.29) is 17.5 Å². The number of carbonyl (C=O) groups is 1. The van der Waals surface area contributed by atoms with E-state index in [1.807, 2.05) is 6.92 Å². The van der Waals surface area contributed by atoms with Crippen LogP contribution in [0.2, 0.25) is 0 Å². The predicted molar refractivity (Wildman–Crippen MR) is 78.5 cm³/mol. The van der Waals surface area contributed by atoms with Gasteiger partial charge in [-0.2, -0.15) is 0 Å². The number of sulfonamides is 1. The maximum absolute atomic E-state index is 11.9. The third-order valence-corrected chi connectivity index (χ3v) is 3.90. The molecule has 0 unspecified atom stereocenters. The number of nitrogens with one attached hydrogen (secondary N) is 3. The molecule has 0 radical (unpaired) electrons. The number of nitrogens with zero attached hydrogens (tertiary/aromatic N) is 2. The van der Waals surface area contributed by atoms with Crippen LogP contribution in [0.15, 0.2) is 0 Å². The van der Waals surface area contributed by atoms with Crippen molar-refractivity contribution in [2.75, 3.05) is 24.7 Å². The first-order chi connectivity index (χ1) is 9.13. The molecule has 1 rings (SSSR count). The van der Waals surface area contributed by atoms with Gasteiger partial charge in [-0.3, -0.25) is 4.79 Å². The van der Waals surface area contributed by atoms with Crippen molar-refractivity contribution in [3.8, 4) is 0 Å². The number of hydrogen-bond donors (Lipinski definition) is 3. The van der Waals surface area contributed by atoms with E-state index in [4.69, 9.17) is 0 Å². The van der Waals surface area contributed by atoms with E-state index < -0.39 is 15.6 Å². The molecule has 114 valence electrons. The van der Waals surface area contributed by atoms with E-state index in [9.17, 15) is 13.2 Å². The van der Waals surface area contributed by atoms with Gasteiger partial charge in [-0.25, -0.2) is 13.1 Å². The van der Waals surface area contributed by atoms with Crippen molar-refractivity contribution < 1.29 is 13.2 Å². The van der Waals surface area contributed by atoms with Gasteiger partial charge in [0.2, 0.25) is 20.2 Å². The summed E-state index contributed by atoms with van der Waals surface area (Å²) >= 11 is 1.15. The quantitative estimate of drug-likeness (QED) is 0.653. The van der Waals surface area contributed by atoms with Crippen LogP contribution in [0, 0.1) is 0 Å². The van der Waals surface area contributed by atoms with Crippen molar-refractivity contribution in [3.63, 3.8) is 0 Å². The number of hydrogen-bond acceptors (Lipinski definition) is 7. The molecule has 1 heterocycles. The van der Waals surface area contributed by atoms with Gasteiger partial charge in [0, 0.05) is 18.6 Å². The highest BCUT2D eigenvalue weighted by molar-refractivity contribution is 7.88. The molecule has 0 aliphatic carbocycles. The molecule has 10 heteroatoms. The molecular weight excluding hydrogens is 302 g/mol. The Kier molecular flexibility index (Phi) is 5.42. The Morgan fingerprint density at radius 3 is 2.55 bits per heavy atom. The SMILES string of the molecule is CCNc1nnc(C(=O)NCC(C)(C)NS(C)(=O)=O)s1. The molecule has 0 aliphatic rings. The van der Waals surface area contributed by atoms with Gasteiger partial charge < -0.3 is 10.6 Å². The topological polar surface area (TPSA) is 113 Å². The normalized spacial score (nSPS) is 12.2. The van der Waals surface area contributed by atoms with Crippen molar-refractivity contribution in [2.24, 2.45) is 0 Å². The molecule has 0 aromatic carbocycles. The van der Waals surface area contributed by atoms with E-state index in [2.05, 4.69) is 25.6 Å². The standard InChI is InChI=1S/C10H19N5O3S2/c1-5-11-9-14-13-8(19-9)7(16)12-6-10(2,3)15-20(4,17)18/h15H,5-6H2,1-4H3,(H,11,14)(H,12,16). The summed E-state index contributed by atoms with van der Waals surface area (Å²) in [6.45, 7) is 6.12. The van der Waals surface area contributed by atoms with Gasteiger partial charge in [-0.15, -0.1) is 10.2 Å². The van der Waals surface area contributed by atoms with Crippen molar-refractivity contribution >= 4 is 32.4 Å². The molecule has 0 saturated heterocycles. The van der Waals surface area contributed by atoms with Crippen LogP contribution in [0.5, 0.6) is 0 Å². The van der Waals surface area contributed by atoms with E-state index in [1.54, 1.807) is 13.8 Å². The summed E-state index contributed by atoms with van der Waals surface area (Å²) < 4.78 is 24.8. The summed E-state index contributed by atoms with van der Waals surface area (Å²) in [4.78, 5) is 11.9. The lowest BCUT2D eigenvalue weighted by Gasteiger charge is -2.24. The first-order valence-electron chi connectivity index (χ1n) is 5.97. The van der Waals surface area contributed by atoms with E-state index in [1.165, 1.54) is 0 Å². The first-order valence-corrected chi connectivity index (χ1v) is 8.68. The van der Waals surface area contributed by atoms with Gasteiger partial charge in [-0.05, 0) is 20.8 Å². The fourth-order valence-electron chi connectivity index (χ4n) is 1.45. The minimum absolute atomic E-state index is 0.148. The Morgan fingerprint density at radius 1 is 1.35 bits per heavy atom. The van der Waals surface area contributed by atoms with Crippen molar-refractivity contribution in [2.45, 2.75) is 26.3 Å². The molecule has 0 spiro atoms. The lowest BCUT2D eigenvalue weighted by atomic mass is 10.1. The number of anilines is 1. The summed E-state index contributed by atoms with van der Waals surface area (Å²) in [7, 11) is -3.33. The molecule has 0 fully saturated rings. The smallest absolute Gasteiger partial charge is 0.282 e. The molecule has 1 aromatic heterocycles. The van der Waals surface area contributed by atoms with Crippen LogP contribution in [0.4, 0.5) is 5.13 Å². The minimum Gasteiger partial charge on any atom is -0.360 e. The van der Waals surface area contributed by atoms with Crippen LogP contribution in [0.25, 0.3) is 0 Å². The van der Waals surface area contributed by atoms with Crippen molar-refractivity contribution in [1.29, 1.82) is 0 Å². The van der Waals surface area contributed by atoms with Gasteiger partial charge in [0.25, 0.3) is 5.91 Å². The Bertz CT molecular complexity index is 567. The predicted octanol–water partition coefficient (Wildman–Crippen LogP) is 0.0275. The Hall–Kier alpha value is -1.26. The van der Waals surface area contributed by atoms with Crippen molar-refractivity contribution in [1.82, 2.24) is 20.2 Å². The molecule has 0 atom stereocenters. The average Bonchev–Trinajstić information content (AvgIpc) is 2.72. The number of carbonyl (C=O) groups excluding carboxylic acids is 1. The molecule has 0 bridgehead atoms. The van der Waals surface area contributed by atoms with E-state index >= 15 is 0 Å². The van der Waals surface area contributed by atoms with Gasteiger partial charge in [0.15, 0.2) is 0 Å². The van der Waals surface area contributed by atoms with Crippen LogP contribution in [0.3, 0.4) is 0 Å². The lowest BCUT2D eigenvalue weighted by molar-refractivity contribution is 0.0943. The monoisotopic (exact) mass is 321 g/mol. The summed E-state index contributed by atoms with van der Waals surface area (Å²) in [5.74, 6) is -0.380. The third kappa shape index (κ3) is 5.80. The summed E-state index contributed by atoms with van der Waals surface area (Å²) in [5, 5.41) is 14.0. The largest absolute Gasteiger partial charge is 0.360 e. The van der Waals surface area contributed by atoms with Gasteiger partial charge in [0.05, 0.1) is 6.26 Å². The highest BCUT2D eigenvalue weighted by atomic mass is 32.2. The second kappa shape index (κ2) is 6.46. The number of aromatic nitrogens is 2. The second-order valence-electron chi connectivity index (χ2n) is 4.88. The van der Waals surface area contributed by atoms with Crippen LogP contribution in [-0.4, -0.2) is 49.4 Å². The number of rotatable bonds is 7. The molecule has 20 heavy (non-hydrogen) atoms. The minimum atomic E-state index is -3.33. The lowest BCUT2D eigenvalue weighted by Crippen LogP contribution is -2.51. The maximum Gasteiger partial charge on any atom is 0.282 e. The fraction of sp³-hybridized carbons (Fsp3) is 0.700. The zero-order valence-corrected chi connectivity index (χ0v) is 13.5. The van der Waals surface area contributed by atoms with Crippen molar-refractivity contribution in [3.05, 3.63) is 5.01 Å².